The van der Waals surface area contributed by atoms with Crippen molar-refractivity contribution >= 4 is 27.8 Å². The number of amides is 1. The SMILES string of the molecule is C=CCCCCc1cc(C)cc(C)c1-c1cc(C2CC2)c(F)c([C@H](CC(=O)OCC)NC(=O)[C@H](CC=C)n2cc(Br)cc(F)c2=O)c1. The zero-order chi connectivity index (χ0) is 34.2. The van der Waals surface area contributed by atoms with E-state index in [0.717, 1.165) is 77.0 Å². The van der Waals surface area contributed by atoms with Crippen molar-refractivity contribution in [2.24, 2.45) is 0 Å². The number of allylic oxidation sites excluding steroid dienone is 2. The summed E-state index contributed by atoms with van der Waals surface area (Å²) in [4.78, 5) is 39.6. The average molecular weight is 710 g/mol. The summed E-state index contributed by atoms with van der Waals surface area (Å²) in [5, 5.41) is 2.83. The topological polar surface area (TPSA) is 77.4 Å². The number of esters is 1. The van der Waals surface area contributed by atoms with Crippen LogP contribution in [0.4, 0.5) is 8.78 Å². The van der Waals surface area contributed by atoms with E-state index < -0.39 is 41.2 Å². The van der Waals surface area contributed by atoms with E-state index in [0.29, 0.717) is 5.56 Å². The van der Waals surface area contributed by atoms with Crippen LogP contribution >= 0.6 is 15.9 Å². The second-order valence-corrected chi connectivity index (χ2v) is 13.1. The van der Waals surface area contributed by atoms with Crippen molar-refractivity contribution in [1.82, 2.24) is 9.88 Å². The van der Waals surface area contributed by atoms with Crippen LogP contribution < -0.4 is 10.9 Å². The number of hydrogen-bond donors (Lipinski definition) is 1. The molecule has 0 aliphatic heterocycles. The van der Waals surface area contributed by atoms with Gasteiger partial charge in [0.25, 0.3) is 5.56 Å². The Morgan fingerprint density at radius 2 is 1.85 bits per heavy atom. The summed E-state index contributed by atoms with van der Waals surface area (Å²) in [6.07, 6.45) is 9.74. The number of benzene rings is 2. The van der Waals surface area contributed by atoms with E-state index in [-0.39, 0.29) is 35.4 Å². The Kier molecular flexibility index (Phi) is 12.5. The van der Waals surface area contributed by atoms with Gasteiger partial charge < -0.3 is 10.1 Å². The lowest BCUT2D eigenvalue weighted by molar-refractivity contribution is -0.144. The predicted molar refractivity (Wildman–Crippen MR) is 185 cm³/mol. The van der Waals surface area contributed by atoms with E-state index in [1.165, 1.54) is 12.3 Å². The number of halogens is 3. The molecule has 1 fully saturated rings. The Morgan fingerprint density at radius 1 is 1.11 bits per heavy atom. The molecule has 47 heavy (non-hydrogen) atoms. The smallest absolute Gasteiger partial charge is 0.308 e. The third-order valence-corrected chi connectivity index (χ3v) is 8.90. The fourth-order valence-electron chi connectivity index (χ4n) is 6.19. The molecule has 0 bridgehead atoms. The lowest BCUT2D eigenvalue weighted by Gasteiger charge is -2.26. The van der Waals surface area contributed by atoms with E-state index in [4.69, 9.17) is 4.74 Å². The fraction of sp³-hybridized carbons (Fsp3) is 0.395. The summed E-state index contributed by atoms with van der Waals surface area (Å²) in [5.41, 5.74) is 4.89. The van der Waals surface area contributed by atoms with Crippen molar-refractivity contribution in [3.05, 3.63) is 116 Å². The highest BCUT2D eigenvalue weighted by Crippen LogP contribution is 2.45. The maximum absolute atomic E-state index is 16.6. The van der Waals surface area contributed by atoms with Crippen LogP contribution in [0, 0.1) is 25.5 Å². The van der Waals surface area contributed by atoms with Crippen molar-refractivity contribution in [2.45, 2.75) is 90.1 Å². The van der Waals surface area contributed by atoms with Crippen LogP contribution in [0.5, 0.6) is 0 Å². The molecule has 1 saturated carbocycles. The first-order chi connectivity index (χ1) is 22.5. The summed E-state index contributed by atoms with van der Waals surface area (Å²) in [7, 11) is 0. The van der Waals surface area contributed by atoms with Crippen LogP contribution in [0.3, 0.4) is 0 Å². The van der Waals surface area contributed by atoms with E-state index in [1.807, 2.05) is 19.1 Å². The third-order valence-electron chi connectivity index (χ3n) is 8.46. The van der Waals surface area contributed by atoms with Gasteiger partial charge in [-0.05, 0) is 134 Å². The molecule has 1 aliphatic carbocycles. The van der Waals surface area contributed by atoms with Gasteiger partial charge in [-0.3, -0.25) is 19.0 Å². The number of hydrogen-bond acceptors (Lipinski definition) is 4. The summed E-state index contributed by atoms with van der Waals surface area (Å²) < 4.78 is 37.5. The quantitative estimate of drug-likeness (QED) is 0.0916. The number of rotatable bonds is 16. The minimum absolute atomic E-state index is 0.0125. The number of nitrogens with one attached hydrogen (secondary N) is 1. The van der Waals surface area contributed by atoms with Gasteiger partial charge in [0.15, 0.2) is 5.82 Å². The van der Waals surface area contributed by atoms with Crippen molar-refractivity contribution in [3.63, 3.8) is 0 Å². The van der Waals surface area contributed by atoms with Crippen LogP contribution in [0.15, 0.2) is 71.1 Å². The van der Waals surface area contributed by atoms with E-state index in [1.54, 1.807) is 13.0 Å². The summed E-state index contributed by atoms with van der Waals surface area (Å²) in [6.45, 7) is 13.4. The maximum Gasteiger partial charge on any atom is 0.308 e. The van der Waals surface area contributed by atoms with Gasteiger partial charge in [0.05, 0.1) is 19.1 Å². The van der Waals surface area contributed by atoms with Crippen molar-refractivity contribution in [2.75, 3.05) is 6.61 Å². The summed E-state index contributed by atoms with van der Waals surface area (Å²) >= 11 is 3.19. The Hall–Kier alpha value is -3.85. The number of carbonyl (C=O) groups excluding carboxylic acids is 2. The minimum Gasteiger partial charge on any atom is -0.466 e. The summed E-state index contributed by atoms with van der Waals surface area (Å²) in [6, 6.07) is 6.61. The monoisotopic (exact) mass is 708 g/mol. The molecule has 9 heteroatoms. The molecule has 2 atom stereocenters. The highest BCUT2D eigenvalue weighted by atomic mass is 79.9. The van der Waals surface area contributed by atoms with E-state index >= 15 is 4.39 Å². The molecule has 0 radical (unpaired) electrons. The van der Waals surface area contributed by atoms with Gasteiger partial charge in [-0.1, -0.05) is 29.8 Å². The van der Waals surface area contributed by atoms with Crippen LogP contribution in [-0.2, 0) is 20.7 Å². The minimum atomic E-state index is -1.20. The van der Waals surface area contributed by atoms with Gasteiger partial charge >= 0.3 is 5.97 Å². The third kappa shape index (κ3) is 8.95. The number of carbonyl (C=O) groups is 2. The molecule has 0 unspecified atom stereocenters. The second kappa shape index (κ2) is 16.3. The number of pyridine rings is 1. The van der Waals surface area contributed by atoms with Crippen molar-refractivity contribution < 1.29 is 23.1 Å². The molecular formula is C38H43BrF2N2O4. The van der Waals surface area contributed by atoms with E-state index in [9.17, 15) is 18.8 Å². The number of unbranched alkanes of at least 4 members (excludes halogenated alkanes) is 2. The predicted octanol–water partition coefficient (Wildman–Crippen LogP) is 8.88. The van der Waals surface area contributed by atoms with Gasteiger partial charge in [0.1, 0.15) is 11.9 Å². The molecule has 1 aromatic heterocycles. The zero-order valence-electron chi connectivity index (χ0n) is 27.3. The molecule has 3 aromatic rings. The number of aromatic nitrogens is 1. The lowest BCUT2D eigenvalue weighted by Crippen LogP contribution is -2.40. The maximum atomic E-state index is 16.6. The molecule has 0 saturated heterocycles. The molecule has 250 valence electrons. The normalized spacial score (nSPS) is 13.9. The second-order valence-electron chi connectivity index (χ2n) is 12.2. The number of nitrogens with zero attached hydrogens (tertiary/aromatic N) is 1. The first kappa shape index (κ1) is 36.0. The highest BCUT2D eigenvalue weighted by Gasteiger charge is 2.33. The van der Waals surface area contributed by atoms with Gasteiger partial charge in [0.2, 0.25) is 5.91 Å². The van der Waals surface area contributed by atoms with Gasteiger partial charge in [0, 0.05) is 16.2 Å². The lowest BCUT2D eigenvalue weighted by atomic mass is 9.86. The molecule has 6 nitrogen and oxygen atoms in total. The van der Waals surface area contributed by atoms with Gasteiger partial charge in [-0.15, -0.1) is 13.2 Å². The molecule has 1 aliphatic rings. The van der Waals surface area contributed by atoms with Crippen LogP contribution in [-0.4, -0.2) is 23.1 Å². The first-order valence-electron chi connectivity index (χ1n) is 16.2. The zero-order valence-corrected chi connectivity index (χ0v) is 28.9. The molecule has 0 spiro atoms. The Morgan fingerprint density at radius 3 is 2.51 bits per heavy atom. The molecule has 1 heterocycles. The Balaban J connectivity index is 1.84. The molecule has 1 amide bonds. The molecule has 2 aromatic carbocycles. The standard InChI is InChI=1S/C38H43BrF2N2O4/c1-6-9-10-11-13-26-17-23(4)16-24(5)35(26)27-18-29(25-14-15-25)36(41)30(19-27)32(21-34(44)47-8-3)42-37(45)33(12-7-2)43-22-28(39)20-31(40)38(43)46/h6-7,16-20,22,25,32-33H,1-2,8-15,21H2,3-5H3,(H,42,45)/t32-,33-/m0/s1. The Bertz CT molecular complexity index is 1710. The van der Waals surface area contributed by atoms with Crippen LogP contribution in [0.1, 0.15) is 97.7 Å². The van der Waals surface area contributed by atoms with Crippen molar-refractivity contribution in [3.8, 4) is 11.1 Å². The largest absolute Gasteiger partial charge is 0.466 e. The average Bonchev–Trinajstić information content (AvgIpc) is 3.85. The first-order valence-corrected chi connectivity index (χ1v) is 17.0. The Labute approximate surface area is 284 Å². The van der Waals surface area contributed by atoms with Crippen LogP contribution in [0.25, 0.3) is 11.1 Å². The fourth-order valence-corrected chi connectivity index (χ4v) is 6.62. The highest BCUT2D eigenvalue weighted by molar-refractivity contribution is 9.10. The summed E-state index contributed by atoms with van der Waals surface area (Å²) in [5.74, 6) is -2.78. The van der Waals surface area contributed by atoms with Gasteiger partial charge in [-0.2, -0.15) is 0 Å². The molecule has 1 N–H and O–H groups in total. The van der Waals surface area contributed by atoms with Gasteiger partial charge in [-0.25, -0.2) is 8.78 Å². The molecular weight excluding hydrogens is 666 g/mol. The number of aryl methyl sites for hydroxylation is 3. The van der Waals surface area contributed by atoms with E-state index in [2.05, 4.69) is 53.5 Å². The van der Waals surface area contributed by atoms with Crippen molar-refractivity contribution in [1.29, 1.82) is 0 Å². The van der Waals surface area contributed by atoms with Crippen LogP contribution in [0.2, 0.25) is 0 Å². The molecule has 4 rings (SSSR count). The number of ether oxygens (including phenoxy) is 1.